The van der Waals surface area contributed by atoms with Crippen molar-refractivity contribution in [3.63, 3.8) is 0 Å². The summed E-state index contributed by atoms with van der Waals surface area (Å²) in [4.78, 5) is 0. The minimum absolute atomic E-state index is 0.0504. The zero-order valence-corrected chi connectivity index (χ0v) is 17.3. The first-order valence-corrected chi connectivity index (χ1v) is 11.5. The zero-order valence-electron chi connectivity index (χ0n) is 17.3. The number of rotatable bonds is 7. The van der Waals surface area contributed by atoms with Gasteiger partial charge in [0.15, 0.2) is 17.9 Å². The van der Waals surface area contributed by atoms with Crippen LogP contribution >= 0.6 is 0 Å². The Balaban J connectivity index is 1.12. The van der Waals surface area contributed by atoms with E-state index in [0.29, 0.717) is 12.2 Å². The lowest BCUT2D eigenvalue weighted by atomic mass is 9.70. The summed E-state index contributed by atoms with van der Waals surface area (Å²) in [5.74, 6) is 0.950. The standard InChI is InChI=1S/C24H34F2O3/c25-22-11-3-18(15-23(22)26)16-29-21-9-7-20(8-10-21)19-5-1-17(2-6-19)4-12-24-27-13-14-28-24/h3,11,15,17,19-21,24H,1-2,4-10,12-14,16H2/t17-,19-,20?,21?. The molecule has 4 rings (SSSR count). The van der Waals surface area contributed by atoms with Crippen molar-refractivity contribution in [2.24, 2.45) is 17.8 Å². The van der Waals surface area contributed by atoms with Crippen molar-refractivity contribution in [1.82, 2.24) is 0 Å². The van der Waals surface area contributed by atoms with Crippen molar-refractivity contribution in [2.75, 3.05) is 13.2 Å². The van der Waals surface area contributed by atoms with Crippen LogP contribution in [0, 0.1) is 29.4 Å². The molecule has 3 aliphatic rings. The molecule has 0 unspecified atom stereocenters. The molecule has 0 bridgehead atoms. The SMILES string of the molecule is Fc1ccc(COC2CCC([C@H]3CC[C@H](CCC4OCCO4)CC3)CC2)cc1F. The van der Waals surface area contributed by atoms with Crippen molar-refractivity contribution in [2.45, 2.75) is 83.2 Å². The van der Waals surface area contributed by atoms with Crippen molar-refractivity contribution in [1.29, 1.82) is 0 Å². The molecule has 0 amide bonds. The highest BCUT2D eigenvalue weighted by Gasteiger charge is 2.31. The summed E-state index contributed by atoms with van der Waals surface area (Å²) in [5, 5.41) is 0. The summed E-state index contributed by atoms with van der Waals surface area (Å²) in [6.07, 6.45) is 12.7. The smallest absolute Gasteiger partial charge is 0.159 e. The second-order valence-electron chi connectivity index (χ2n) is 9.13. The van der Waals surface area contributed by atoms with Crippen molar-refractivity contribution >= 4 is 0 Å². The van der Waals surface area contributed by atoms with Gasteiger partial charge in [-0.15, -0.1) is 0 Å². The molecule has 0 N–H and O–H groups in total. The second-order valence-corrected chi connectivity index (χ2v) is 9.13. The van der Waals surface area contributed by atoms with E-state index in [2.05, 4.69) is 0 Å². The van der Waals surface area contributed by atoms with Crippen LogP contribution in [0.4, 0.5) is 8.78 Å². The number of hydrogen-bond acceptors (Lipinski definition) is 3. The molecular formula is C24H34F2O3. The highest BCUT2D eigenvalue weighted by atomic mass is 19.2. The van der Waals surface area contributed by atoms with E-state index < -0.39 is 11.6 Å². The van der Waals surface area contributed by atoms with Gasteiger partial charge in [0.25, 0.3) is 0 Å². The first-order valence-electron chi connectivity index (χ1n) is 11.5. The van der Waals surface area contributed by atoms with Gasteiger partial charge in [0, 0.05) is 0 Å². The van der Waals surface area contributed by atoms with E-state index in [9.17, 15) is 8.78 Å². The van der Waals surface area contributed by atoms with Gasteiger partial charge in [0.2, 0.25) is 0 Å². The van der Waals surface area contributed by atoms with Gasteiger partial charge >= 0.3 is 0 Å². The average Bonchev–Trinajstić information content (AvgIpc) is 3.28. The predicted octanol–water partition coefficient (Wildman–Crippen LogP) is 6.00. The zero-order chi connectivity index (χ0) is 20.1. The van der Waals surface area contributed by atoms with Crippen LogP contribution in [-0.2, 0) is 20.8 Å². The van der Waals surface area contributed by atoms with E-state index in [-0.39, 0.29) is 12.4 Å². The largest absolute Gasteiger partial charge is 0.374 e. The van der Waals surface area contributed by atoms with E-state index in [4.69, 9.17) is 14.2 Å². The Morgan fingerprint density at radius 3 is 2.10 bits per heavy atom. The van der Waals surface area contributed by atoms with Crippen LogP contribution in [0.3, 0.4) is 0 Å². The Morgan fingerprint density at radius 2 is 1.45 bits per heavy atom. The topological polar surface area (TPSA) is 27.7 Å². The maximum atomic E-state index is 13.3. The third kappa shape index (κ3) is 5.99. The van der Waals surface area contributed by atoms with E-state index in [1.54, 1.807) is 6.07 Å². The maximum absolute atomic E-state index is 13.3. The van der Waals surface area contributed by atoms with Gasteiger partial charge in [-0.25, -0.2) is 8.78 Å². The molecule has 0 atom stereocenters. The molecule has 1 aliphatic heterocycles. The molecule has 1 heterocycles. The lowest BCUT2D eigenvalue weighted by Gasteiger charge is -2.38. The van der Waals surface area contributed by atoms with Crippen molar-refractivity contribution in [3.05, 3.63) is 35.4 Å². The molecule has 1 aromatic rings. The highest BCUT2D eigenvalue weighted by molar-refractivity contribution is 5.16. The first-order chi connectivity index (χ1) is 14.2. The van der Waals surface area contributed by atoms with Crippen molar-refractivity contribution in [3.8, 4) is 0 Å². The summed E-state index contributed by atoms with van der Waals surface area (Å²) in [6, 6.07) is 4.02. The van der Waals surface area contributed by atoms with Crippen LogP contribution in [0.15, 0.2) is 18.2 Å². The van der Waals surface area contributed by atoms with Gasteiger partial charge in [-0.05, 0) is 86.8 Å². The molecule has 3 fully saturated rings. The average molecular weight is 409 g/mol. The molecule has 1 saturated heterocycles. The predicted molar refractivity (Wildman–Crippen MR) is 107 cm³/mol. The molecule has 5 heteroatoms. The molecule has 1 aromatic carbocycles. The van der Waals surface area contributed by atoms with Gasteiger partial charge in [0.1, 0.15) is 0 Å². The summed E-state index contributed by atoms with van der Waals surface area (Å²) < 4.78 is 43.4. The second kappa shape index (κ2) is 10.3. The Hall–Kier alpha value is -1.04. The Bertz CT molecular complexity index is 631. The Kier molecular flexibility index (Phi) is 7.54. The fourth-order valence-electron chi connectivity index (χ4n) is 5.46. The maximum Gasteiger partial charge on any atom is 0.159 e. The molecule has 162 valence electrons. The first kappa shape index (κ1) is 21.2. The summed E-state index contributed by atoms with van der Waals surface area (Å²) >= 11 is 0. The molecule has 0 spiro atoms. The molecule has 0 radical (unpaired) electrons. The molecular weight excluding hydrogens is 374 g/mol. The van der Waals surface area contributed by atoms with Gasteiger partial charge < -0.3 is 14.2 Å². The Labute approximate surface area is 173 Å². The minimum atomic E-state index is -0.802. The van der Waals surface area contributed by atoms with Crippen molar-refractivity contribution < 1.29 is 23.0 Å². The number of hydrogen-bond donors (Lipinski definition) is 0. The number of halogens is 2. The highest BCUT2D eigenvalue weighted by Crippen LogP contribution is 2.41. The van der Waals surface area contributed by atoms with Gasteiger partial charge in [-0.3, -0.25) is 0 Å². The molecule has 3 nitrogen and oxygen atoms in total. The fraction of sp³-hybridized carbons (Fsp3) is 0.750. The quantitative estimate of drug-likeness (QED) is 0.554. The molecule has 29 heavy (non-hydrogen) atoms. The van der Waals surface area contributed by atoms with E-state index in [0.717, 1.165) is 50.2 Å². The number of benzene rings is 1. The van der Waals surface area contributed by atoms with Crippen LogP contribution in [0.2, 0.25) is 0 Å². The van der Waals surface area contributed by atoms with Gasteiger partial charge in [-0.1, -0.05) is 18.9 Å². The molecule has 2 aliphatic carbocycles. The molecule has 0 aromatic heterocycles. The lowest BCUT2D eigenvalue weighted by molar-refractivity contribution is -0.0516. The third-order valence-corrected chi connectivity index (χ3v) is 7.25. The van der Waals surface area contributed by atoms with E-state index >= 15 is 0 Å². The fourth-order valence-corrected chi connectivity index (χ4v) is 5.46. The normalized spacial score (nSPS) is 31.2. The van der Waals surface area contributed by atoms with Gasteiger partial charge in [-0.2, -0.15) is 0 Å². The lowest BCUT2D eigenvalue weighted by Crippen LogP contribution is -2.28. The molecule has 2 saturated carbocycles. The number of ether oxygens (including phenoxy) is 3. The van der Waals surface area contributed by atoms with Crippen LogP contribution in [-0.4, -0.2) is 25.6 Å². The summed E-state index contributed by atoms with van der Waals surface area (Å²) in [5.41, 5.74) is 0.706. The Morgan fingerprint density at radius 1 is 0.793 bits per heavy atom. The van der Waals surface area contributed by atoms with Gasteiger partial charge in [0.05, 0.1) is 25.9 Å². The summed E-state index contributed by atoms with van der Waals surface area (Å²) in [7, 11) is 0. The van der Waals surface area contributed by atoms with E-state index in [1.165, 1.54) is 57.1 Å². The van der Waals surface area contributed by atoms with E-state index in [1.807, 2.05) is 0 Å². The minimum Gasteiger partial charge on any atom is -0.374 e. The van der Waals surface area contributed by atoms with Crippen LogP contribution in [0.5, 0.6) is 0 Å². The van der Waals surface area contributed by atoms with Crippen LogP contribution < -0.4 is 0 Å². The third-order valence-electron chi connectivity index (χ3n) is 7.25. The van der Waals surface area contributed by atoms with Crippen LogP contribution in [0.25, 0.3) is 0 Å². The van der Waals surface area contributed by atoms with Crippen LogP contribution in [0.1, 0.15) is 69.8 Å². The summed E-state index contributed by atoms with van der Waals surface area (Å²) in [6.45, 7) is 1.88. The monoisotopic (exact) mass is 408 g/mol.